The SMILES string of the molecule is CCOc1ccc2c(c1)sc1nnc(C3CCNCC3)n12. The average Bonchev–Trinajstić information content (AvgIpc) is 3.07. The maximum absolute atomic E-state index is 5.59. The smallest absolute Gasteiger partial charge is 0.217 e. The van der Waals surface area contributed by atoms with Crippen LogP contribution in [0.3, 0.4) is 0 Å². The number of piperidine rings is 1. The number of thiazole rings is 1. The molecule has 4 rings (SSSR count). The second kappa shape index (κ2) is 5.27. The van der Waals surface area contributed by atoms with Crippen molar-refractivity contribution in [1.82, 2.24) is 19.9 Å². The zero-order chi connectivity index (χ0) is 14.2. The fraction of sp³-hybridized carbons (Fsp3) is 0.467. The Hall–Kier alpha value is -1.66. The summed E-state index contributed by atoms with van der Waals surface area (Å²) in [6.45, 7) is 4.83. The summed E-state index contributed by atoms with van der Waals surface area (Å²) >= 11 is 1.68. The minimum atomic E-state index is 0.505. The fourth-order valence-corrected chi connectivity index (χ4v) is 4.03. The first kappa shape index (κ1) is 13.0. The van der Waals surface area contributed by atoms with E-state index < -0.39 is 0 Å². The van der Waals surface area contributed by atoms with Gasteiger partial charge < -0.3 is 10.1 Å². The second-order valence-corrected chi connectivity index (χ2v) is 6.37. The molecule has 21 heavy (non-hydrogen) atoms. The van der Waals surface area contributed by atoms with Gasteiger partial charge >= 0.3 is 0 Å². The van der Waals surface area contributed by atoms with Crippen molar-refractivity contribution in [1.29, 1.82) is 0 Å². The number of nitrogens with one attached hydrogen (secondary N) is 1. The number of hydrogen-bond acceptors (Lipinski definition) is 5. The van der Waals surface area contributed by atoms with Crippen molar-refractivity contribution < 1.29 is 4.74 Å². The van der Waals surface area contributed by atoms with Crippen LogP contribution in [0.1, 0.15) is 31.5 Å². The van der Waals surface area contributed by atoms with Crippen molar-refractivity contribution in [3.8, 4) is 5.75 Å². The van der Waals surface area contributed by atoms with E-state index in [4.69, 9.17) is 4.74 Å². The monoisotopic (exact) mass is 302 g/mol. The van der Waals surface area contributed by atoms with Crippen LogP contribution in [0.25, 0.3) is 15.2 Å². The Morgan fingerprint density at radius 2 is 2.19 bits per heavy atom. The fourth-order valence-electron chi connectivity index (χ4n) is 3.03. The van der Waals surface area contributed by atoms with E-state index in [9.17, 15) is 0 Å². The summed E-state index contributed by atoms with van der Waals surface area (Å²) in [4.78, 5) is 0.979. The molecule has 1 aliphatic rings. The average molecular weight is 302 g/mol. The number of fused-ring (bicyclic) bond motifs is 3. The molecule has 3 heterocycles. The van der Waals surface area contributed by atoms with Crippen molar-refractivity contribution in [3.05, 3.63) is 24.0 Å². The minimum Gasteiger partial charge on any atom is -0.494 e. The molecule has 0 spiro atoms. The van der Waals surface area contributed by atoms with Gasteiger partial charge in [0.1, 0.15) is 11.6 Å². The number of hydrogen-bond donors (Lipinski definition) is 1. The predicted molar refractivity (Wildman–Crippen MR) is 84.4 cm³/mol. The molecular weight excluding hydrogens is 284 g/mol. The Kier molecular flexibility index (Phi) is 3.27. The van der Waals surface area contributed by atoms with Gasteiger partial charge in [-0.25, -0.2) is 0 Å². The standard InChI is InChI=1S/C15H18N4OS/c1-2-20-11-3-4-12-13(9-11)21-15-18-17-14(19(12)15)10-5-7-16-8-6-10/h3-4,9-10,16H,2,5-8H2,1H3. The van der Waals surface area contributed by atoms with Crippen molar-refractivity contribution in [2.45, 2.75) is 25.7 Å². The van der Waals surface area contributed by atoms with E-state index in [0.29, 0.717) is 12.5 Å². The zero-order valence-corrected chi connectivity index (χ0v) is 12.8. The molecule has 0 aliphatic carbocycles. The molecule has 0 atom stereocenters. The van der Waals surface area contributed by atoms with Crippen molar-refractivity contribution in [3.63, 3.8) is 0 Å². The highest BCUT2D eigenvalue weighted by Gasteiger charge is 2.22. The van der Waals surface area contributed by atoms with Crippen LogP contribution in [0.15, 0.2) is 18.2 Å². The molecule has 0 saturated carbocycles. The summed E-state index contributed by atoms with van der Waals surface area (Å²) in [6.07, 6.45) is 2.27. The summed E-state index contributed by atoms with van der Waals surface area (Å²) in [5.74, 6) is 2.54. The zero-order valence-electron chi connectivity index (χ0n) is 12.0. The molecular formula is C15H18N4OS. The number of rotatable bonds is 3. The van der Waals surface area contributed by atoms with Gasteiger partial charge in [-0.15, -0.1) is 10.2 Å². The van der Waals surface area contributed by atoms with Crippen LogP contribution in [0.4, 0.5) is 0 Å². The van der Waals surface area contributed by atoms with E-state index >= 15 is 0 Å². The topological polar surface area (TPSA) is 51.5 Å². The highest BCUT2D eigenvalue weighted by atomic mass is 32.1. The molecule has 1 aliphatic heterocycles. The second-order valence-electron chi connectivity index (χ2n) is 5.37. The maximum Gasteiger partial charge on any atom is 0.217 e. The third-order valence-corrected chi connectivity index (χ3v) is 5.04. The minimum absolute atomic E-state index is 0.505. The van der Waals surface area contributed by atoms with E-state index in [1.165, 1.54) is 10.2 Å². The van der Waals surface area contributed by atoms with Gasteiger partial charge in [0, 0.05) is 5.92 Å². The van der Waals surface area contributed by atoms with Crippen molar-refractivity contribution >= 4 is 26.5 Å². The van der Waals surface area contributed by atoms with Gasteiger partial charge in [0.2, 0.25) is 4.96 Å². The number of nitrogens with zero attached hydrogens (tertiary/aromatic N) is 3. The molecule has 6 heteroatoms. The number of aromatic nitrogens is 3. The lowest BCUT2D eigenvalue weighted by molar-refractivity contribution is 0.341. The molecule has 0 bridgehead atoms. The van der Waals surface area contributed by atoms with Crippen LogP contribution >= 0.6 is 11.3 Å². The van der Waals surface area contributed by atoms with E-state index in [1.54, 1.807) is 11.3 Å². The van der Waals surface area contributed by atoms with Crippen LogP contribution < -0.4 is 10.1 Å². The molecule has 1 saturated heterocycles. The van der Waals surface area contributed by atoms with Gasteiger partial charge in [0.25, 0.3) is 0 Å². The number of benzene rings is 1. The van der Waals surface area contributed by atoms with E-state index in [1.807, 2.05) is 13.0 Å². The molecule has 0 radical (unpaired) electrons. The van der Waals surface area contributed by atoms with Crippen LogP contribution in [0, 0.1) is 0 Å². The van der Waals surface area contributed by atoms with Crippen LogP contribution in [0.2, 0.25) is 0 Å². The third-order valence-electron chi connectivity index (χ3n) is 4.05. The Balaban J connectivity index is 1.83. The molecule has 5 nitrogen and oxygen atoms in total. The highest BCUT2D eigenvalue weighted by molar-refractivity contribution is 7.23. The summed E-state index contributed by atoms with van der Waals surface area (Å²) in [5, 5.41) is 12.2. The Morgan fingerprint density at radius 1 is 1.33 bits per heavy atom. The van der Waals surface area contributed by atoms with E-state index in [0.717, 1.165) is 42.5 Å². The van der Waals surface area contributed by atoms with Crippen LogP contribution in [-0.2, 0) is 0 Å². The van der Waals surface area contributed by atoms with E-state index in [2.05, 4.69) is 32.0 Å². The quantitative estimate of drug-likeness (QED) is 0.808. The predicted octanol–water partition coefficient (Wildman–Crippen LogP) is 2.81. The third kappa shape index (κ3) is 2.18. The Morgan fingerprint density at radius 3 is 3.00 bits per heavy atom. The van der Waals surface area contributed by atoms with Gasteiger partial charge in [-0.05, 0) is 51.1 Å². The lowest BCUT2D eigenvalue weighted by Crippen LogP contribution is -2.27. The molecule has 110 valence electrons. The molecule has 1 aromatic carbocycles. The summed E-state index contributed by atoms with van der Waals surface area (Å²) < 4.78 is 9.02. The molecule has 1 N–H and O–H groups in total. The molecule has 3 aromatic rings. The first-order valence-electron chi connectivity index (χ1n) is 7.48. The summed E-state index contributed by atoms with van der Waals surface area (Å²) in [7, 11) is 0. The van der Waals surface area contributed by atoms with Gasteiger partial charge in [-0.3, -0.25) is 4.40 Å². The Labute approximate surface area is 126 Å². The first-order valence-corrected chi connectivity index (χ1v) is 8.29. The van der Waals surface area contributed by atoms with Gasteiger partial charge in [-0.2, -0.15) is 0 Å². The number of ether oxygens (including phenoxy) is 1. The Bertz CT molecular complexity index is 773. The normalized spacial score (nSPS) is 16.8. The van der Waals surface area contributed by atoms with Crippen molar-refractivity contribution in [2.75, 3.05) is 19.7 Å². The maximum atomic E-state index is 5.59. The molecule has 0 amide bonds. The van der Waals surface area contributed by atoms with Crippen LogP contribution in [0.5, 0.6) is 5.75 Å². The van der Waals surface area contributed by atoms with Gasteiger partial charge in [-0.1, -0.05) is 11.3 Å². The lowest BCUT2D eigenvalue weighted by Gasteiger charge is -2.20. The highest BCUT2D eigenvalue weighted by Crippen LogP contribution is 2.33. The molecule has 0 unspecified atom stereocenters. The van der Waals surface area contributed by atoms with Gasteiger partial charge in [0.15, 0.2) is 0 Å². The van der Waals surface area contributed by atoms with Gasteiger partial charge in [0.05, 0.1) is 16.8 Å². The molecule has 1 fully saturated rings. The summed E-state index contributed by atoms with van der Waals surface area (Å²) in [6, 6.07) is 6.26. The summed E-state index contributed by atoms with van der Waals surface area (Å²) in [5.41, 5.74) is 1.19. The largest absolute Gasteiger partial charge is 0.494 e. The first-order chi connectivity index (χ1) is 10.4. The molecule has 2 aromatic heterocycles. The van der Waals surface area contributed by atoms with Crippen molar-refractivity contribution in [2.24, 2.45) is 0 Å². The lowest BCUT2D eigenvalue weighted by atomic mass is 9.97. The van der Waals surface area contributed by atoms with Crippen LogP contribution in [-0.4, -0.2) is 34.3 Å². The van der Waals surface area contributed by atoms with E-state index in [-0.39, 0.29) is 0 Å².